The van der Waals surface area contributed by atoms with Gasteiger partial charge in [0.25, 0.3) is 5.56 Å². The highest BCUT2D eigenvalue weighted by molar-refractivity contribution is 5.79. The Morgan fingerprint density at radius 2 is 1.95 bits per heavy atom. The molecule has 102 valence electrons. The molecule has 1 aromatic carbocycles. The van der Waals surface area contributed by atoms with Crippen molar-refractivity contribution in [1.82, 2.24) is 4.57 Å². The van der Waals surface area contributed by atoms with E-state index in [9.17, 15) is 4.79 Å². The number of hydrogen-bond donors (Lipinski definition) is 1. The van der Waals surface area contributed by atoms with Gasteiger partial charge in [0.2, 0.25) is 0 Å². The van der Waals surface area contributed by atoms with Gasteiger partial charge in [0.05, 0.1) is 5.52 Å². The van der Waals surface area contributed by atoms with Crippen LogP contribution in [0.3, 0.4) is 0 Å². The molecule has 0 aliphatic heterocycles. The Bertz CT molecular complexity index is 624. The second-order valence-corrected chi connectivity index (χ2v) is 5.27. The van der Waals surface area contributed by atoms with Crippen LogP contribution in [0.5, 0.6) is 0 Å². The van der Waals surface area contributed by atoms with Crippen molar-refractivity contribution in [2.24, 2.45) is 5.73 Å². The maximum absolute atomic E-state index is 12.7. The molecule has 0 saturated carbocycles. The summed E-state index contributed by atoms with van der Waals surface area (Å²) in [5.41, 5.74) is 7.75. The van der Waals surface area contributed by atoms with Crippen molar-refractivity contribution in [3.05, 3.63) is 46.2 Å². The molecule has 0 fully saturated rings. The molecule has 0 saturated heterocycles. The van der Waals surface area contributed by atoms with Gasteiger partial charge in [-0.2, -0.15) is 0 Å². The molecule has 3 nitrogen and oxygen atoms in total. The number of hydrogen-bond acceptors (Lipinski definition) is 2. The van der Waals surface area contributed by atoms with Gasteiger partial charge < -0.3 is 10.3 Å². The summed E-state index contributed by atoms with van der Waals surface area (Å²) in [5, 5.41) is 1.11. The number of pyridine rings is 1. The van der Waals surface area contributed by atoms with E-state index in [1.807, 2.05) is 42.7 Å². The first-order chi connectivity index (χ1) is 9.10. The van der Waals surface area contributed by atoms with Gasteiger partial charge in [0.15, 0.2) is 0 Å². The fourth-order valence-corrected chi connectivity index (χ4v) is 2.63. The molecule has 19 heavy (non-hydrogen) atoms. The normalized spacial score (nSPS) is 13.1. The minimum Gasteiger partial charge on any atom is -0.330 e. The summed E-state index contributed by atoms with van der Waals surface area (Å²) in [6.07, 6.45) is 0.891. The van der Waals surface area contributed by atoms with Gasteiger partial charge in [-0.15, -0.1) is 0 Å². The quantitative estimate of drug-likeness (QED) is 0.916. The first kappa shape index (κ1) is 13.8. The molecule has 0 bridgehead atoms. The maximum atomic E-state index is 12.7. The van der Waals surface area contributed by atoms with Gasteiger partial charge in [0, 0.05) is 17.5 Å². The SMILES string of the molecule is CCC(CN)c1cc2ccccc2n(C(C)C)c1=O. The zero-order valence-corrected chi connectivity index (χ0v) is 11.9. The van der Waals surface area contributed by atoms with Crippen LogP contribution in [0.15, 0.2) is 35.1 Å². The van der Waals surface area contributed by atoms with Gasteiger partial charge in [-0.05, 0) is 44.3 Å². The Kier molecular flexibility index (Phi) is 4.05. The molecule has 1 atom stereocenters. The van der Waals surface area contributed by atoms with Crippen molar-refractivity contribution >= 4 is 10.9 Å². The van der Waals surface area contributed by atoms with Crippen LogP contribution < -0.4 is 11.3 Å². The largest absolute Gasteiger partial charge is 0.330 e. The number of aromatic nitrogens is 1. The first-order valence-electron chi connectivity index (χ1n) is 6.94. The van der Waals surface area contributed by atoms with Gasteiger partial charge in [-0.1, -0.05) is 25.1 Å². The number of benzene rings is 1. The van der Waals surface area contributed by atoms with Crippen molar-refractivity contribution in [1.29, 1.82) is 0 Å². The standard InChI is InChI=1S/C16H22N2O/c1-4-12(10-17)14-9-13-7-5-6-8-15(13)18(11(2)3)16(14)19/h5-9,11-12H,4,10,17H2,1-3H3. The monoisotopic (exact) mass is 258 g/mol. The van der Waals surface area contributed by atoms with E-state index in [4.69, 9.17) is 5.73 Å². The van der Waals surface area contributed by atoms with Crippen molar-refractivity contribution < 1.29 is 0 Å². The van der Waals surface area contributed by atoms with Crippen LogP contribution in [-0.2, 0) is 0 Å². The van der Waals surface area contributed by atoms with Gasteiger partial charge in [-0.3, -0.25) is 4.79 Å². The molecule has 1 aromatic heterocycles. The lowest BCUT2D eigenvalue weighted by Gasteiger charge is -2.19. The van der Waals surface area contributed by atoms with Crippen molar-refractivity contribution in [2.45, 2.75) is 39.2 Å². The minimum atomic E-state index is 0.103. The summed E-state index contributed by atoms with van der Waals surface area (Å²) < 4.78 is 1.88. The lowest BCUT2D eigenvalue weighted by Crippen LogP contribution is -2.29. The van der Waals surface area contributed by atoms with Crippen molar-refractivity contribution in [3.8, 4) is 0 Å². The molecule has 2 aromatic rings. The van der Waals surface area contributed by atoms with Gasteiger partial charge in [0.1, 0.15) is 0 Å². The molecule has 0 aliphatic rings. The highest BCUT2D eigenvalue weighted by atomic mass is 16.1. The Hall–Kier alpha value is -1.61. The highest BCUT2D eigenvalue weighted by Gasteiger charge is 2.16. The van der Waals surface area contributed by atoms with Crippen LogP contribution >= 0.6 is 0 Å². The Morgan fingerprint density at radius 3 is 2.53 bits per heavy atom. The Labute approximate surface area is 114 Å². The molecular formula is C16H22N2O. The Balaban J connectivity index is 2.81. The van der Waals surface area contributed by atoms with E-state index in [0.717, 1.165) is 22.9 Å². The lowest BCUT2D eigenvalue weighted by atomic mass is 9.96. The van der Waals surface area contributed by atoms with E-state index in [1.54, 1.807) is 0 Å². The summed E-state index contributed by atoms with van der Waals surface area (Å²) >= 11 is 0. The molecular weight excluding hydrogens is 236 g/mol. The summed E-state index contributed by atoms with van der Waals surface area (Å²) in [6.45, 7) is 6.68. The average molecular weight is 258 g/mol. The summed E-state index contributed by atoms with van der Waals surface area (Å²) in [4.78, 5) is 12.7. The minimum absolute atomic E-state index is 0.103. The number of fused-ring (bicyclic) bond motifs is 1. The van der Waals surface area contributed by atoms with E-state index in [2.05, 4.69) is 13.0 Å². The molecule has 0 spiro atoms. The van der Waals surface area contributed by atoms with E-state index in [1.165, 1.54) is 0 Å². The molecule has 0 aliphatic carbocycles. The second kappa shape index (κ2) is 5.57. The van der Waals surface area contributed by atoms with E-state index < -0.39 is 0 Å². The van der Waals surface area contributed by atoms with Gasteiger partial charge >= 0.3 is 0 Å². The second-order valence-electron chi connectivity index (χ2n) is 5.27. The fourth-order valence-electron chi connectivity index (χ4n) is 2.63. The first-order valence-corrected chi connectivity index (χ1v) is 6.94. The molecule has 3 heteroatoms. The smallest absolute Gasteiger partial charge is 0.254 e. The lowest BCUT2D eigenvalue weighted by molar-refractivity contribution is 0.580. The fraction of sp³-hybridized carbons (Fsp3) is 0.438. The number of rotatable bonds is 4. The van der Waals surface area contributed by atoms with Crippen LogP contribution in [0.25, 0.3) is 10.9 Å². The Morgan fingerprint density at radius 1 is 1.26 bits per heavy atom. The zero-order chi connectivity index (χ0) is 14.0. The molecule has 0 radical (unpaired) electrons. The average Bonchev–Trinajstić information content (AvgIpc) is 2.40. The molecule has 2 N–H and O–H groups in total. The van der Waals surface area contributed by atoms with E-state index in [0.29, 0.717) is 6.54 Å². The molecule has 1 heterocycles. The molecule has 0 amide bonds. The maximum Gasteiger partial charge on any atom is 0.254 e. The number of nitrogens with zero attached hydrogens (tertiary/aromatic N) is 1. The van der Waals surface area contributed by atoms with Crippen LogP contribution in [-0.4, -0.2) is 11.1 Å². The third-order valence-electron chi connectivity index (χ3n) is 3.71. The van der Waals surface area contributed by atoms with Gasteiger partial charge in [-0.25, -0.2) is 0 Å². The van der Waals surface area contributed by atoms with Crippen LogP contribution in [0, 0.1) is 0 Å². The third kappa shape index (κ3) is 2.43. The van der Waals surface area contributed by atoms with Crippen molar-refractivity contribution in [2.75, 3.05) is 6.54 Å². The summed E-state index contributed by atoms with van der Waals surface area (Å²) in [7, 11) is 0. The van der Waals surface area contributed by atoms with Crippen LogP contribution in [0.2, 0.25) is 0 Å². The van der Waals surface area contributed by atoms with Crippen molar-refractivity contribution in [3.63, 3.8) is 0 Å². The van der Waals surface area contributed by atoms with Crippen LogP contribution in [0.4, 0.5) is 0 Å². The zero-order valence-electron chi connectivity index (χ0n) is 11.9. The van der Waals surface area contributed by atoms with E-state index in [-0.39, 0.29) is 17.5 Å². The highest BCUT2D eigenvalue weighted by Crippen LogP contribution is 2.22. The number of para-hydroxylation sites is 1. The number of nitrogens with two attached hydrogens (primary N) is 1. The predicted octanol–water partition coefficient (Wildman–Crippen LogP) is 3.03. The third-order valence-corrected chi connectivity index (χ3v) is 3.71. The summed E-state index contributed by atoms with van der Waals surface area (Å²) in [5.74, 6) is 0.141. The topological polar surface area (TPSA) is 48.0 Å². The van der Waals surface area contributed by atoms with Crippen LogP contribution in [0.1, 0.15) is 44.7 Å². The van der Waals surface area contributed by atoms with E-state index >= 15 is 0 Å². The molecule has 2 rings (SSSR count). The predicted molar refractivity (Wildman–Crippen MR) is 80.7 cm³/mol. The molecule has 1 unspecified atom stereocenters. The summed E-state index contributed by atoms with van der Waals surface area (Å²) in [6, 6.07) is 10.2.